The molecular weight excluding hydrogens is 527 g/mol. The molecule has 0 heterocycles. The Morgan fingerprint density at radius 3 is 1.03 bits per heavy atom. The van der Waals surface area contributed by atoms with E-state index >= 15 is 0 Å². The summed E-state index contributed by atoms with van der Waals surface area (Å²) >= 11 is 7.21. The van der Waals surface area contributed by atoms with Crippen LogP contribution in [0.25, 0.3) is 0 Å². The minimum absolute atomic E-state index is 0. The van der Waals surface area contributed by atoms with Crippen LogP contribution in [-0.4, -0.2) is 41.7 Å². The van der Waals surface area contributed by atoms with Crippen LogP contribution in [0.2, 0.25) is 0 Å². The molecule has 0 aliphatic rings. The molecule has 0 atom stereocenters. The molecule has 0 spiro atoms. The number of unbranched alkanes of at least 4 members (excludes halogenated alkanes) is 10. The van der Waals surface area contributed by atoms with Crippen LogP contribution >= 0.6 is 21.2 Å². The summed E-state index contributed by atoms with van der Waals surface area (Å²) in [5.41, 5.74) is 0. The van der Waals surface area contributed by atoms with Crippen LogP contribution in [0.1, 0.15) is 90.9 Å². The third kappa shape index (κ3) is 72.6. The fourth-order valence-electron chi connectivity index (χ4n) is 2.33. The molecule has 0 aromatic rings. The number of rotatable bonds is 14. The molecule has 0 rings (SSSR count). The maximum absolute atomic E-state index is 11.8. The van der Waals surface area contributed by atoms with Gasteiger partial charge in [0.05, 0.1) is 7.80 Å². The summed E-state index contributed by atoms with van der Waals surface area (Å²) in [6.45, 7) is -3.11. The van der Waals surface area contributed by atoms with E-state index in [1.807, 2.05) is 0 Å². The van der Waals surface area contributed by atoms with Crippen molar-refractivity contribution in [2.75, 3.05) is 12.3 Å². The molecule has 0 saturated heterocycles. The van der Waals surface area contributed by atoms with Gasteiger partial charge in [-0.15, -0.1) is 0 Å². The van der Waals surface area contributed by atoms with Gasteiger partial charge in [-0.25, -0.2) is 0 Å². The van der Waals surface area contributed by atoms with Crippen LogP contribution in [0.15, 0.2) is 0 Å². The molecule has 0 radical (unpaired) electrons. The van der Waals surface area contributed by atoms with Crippen LogP contribution in [-0.2, 0) is 47.7 Å². The molecule has 0 aromatic heterocycles. The van der Waals surface area contributed by atoms with Crippen molar-refractivity contribution in [2.24, 2.45) is 0 Å². The summed E-state index contributed by atoms with van der Waals surface area (Å²) < 4.78 is 11.8. The Hall–Kier alpha value is 1.91. The second-order valence-corrected chi connectivity index (χ2v) is 13.7. The average Bonchev–Trinajstić information content (AvgIpc) is 2.51. The van der Waals surface area contributed by atoms with Crippen LogP contribution < -0.4 is 0 Å². The van der Waals surface area contributed by atoms with E-state index in [1.165, 1.54) is 77.0 Å². The Bertz CT molecular complexity index is 394. The van der Waals surface area contributed by atoms with Crippen molar-refractivity contribution in [3.05, 3.63) is 0 Å². The molecule has 0 saturated carbocycles. The van der Waals surface area contributed by atoms with Gasteiger partial charge in [0.25, 0.3) is 0 Å². The van der Waals surface area contributed by atoms with Gasteiger partial charge < -0.3 is 33.9 Å². The standard InChI is InChI=1S/C16H35OP.2H3O3PS.Zn/c1-3-5-7-9-11-13-15-18(17)16-14-12-10-8-6-4-2;2*1-4(2,3)5;/h18H,3-16H2,1-2H3;2*(H3,1,2,3,5);. The maximum atomic E-state index is 11.8. The van der Waals surface area contributed by atoms with E-state index in [4.69, 9.17) is 29.4 Å². The third-order valence-corrected chi connectivity index (χ3v) is 5.44. The number of hydrogen-bond acceptors (Lipinski definition) is 3. The van der Waals surface area contributed by atoms with Crippen molar-refractivity contribution in [2.45, 2.75) is 90.9 Å². The van der Waals surface area contributed by atoms with Crippen LogP contribution in [0.3, 0.4) is 0 Å². The van der Waals surface area contributed by atoms with Gasteiger partial charge in [0.15, 0.2) is 0 Å². The Morgan fingerprint density at radius 1 is 0.586 bits per heavy atom. The molecular formula is C16H41O7P3S2Zn. The van der Waals surface area contributed by atoms with Gasteiger partial charge in [-0.1, -0.05) is 78.1 Å². The van der Waals surface area contributed by atoms with Crippen molar-refractivity contribution in [1.29, 1.82) is 0 Å². The van der Waals surface area contributed by atoms with Crippen LogP contribution in [0, 0.1) is 0 Å². The Balaban J connectivity index is -0.000000235. The summed E-state index contributed by atoms with van der Waals surface area (Å²) in [7, 11) is -1.22. The van der Waals surface area contributed by atoms with Crippen LogP contribution in [0.4, 0.5) is 0 Å². The van der Waals surface area contributed by atoms with E-state index in [2.05, 4.69) is 37.5 Å². The van der Waals surface area contributed by atoms with Gasteiger partial charge >= 0.3 is 13.4 Å². The second kappa shape index (κ2) is 26.2. The fourth-order valence-corrected chi connectivity index (χ4v) is 3.87. The van der Waals surface area contributed by atoms with Crippen molar-refractivity contribution in [3.63, 3.8) is 0 Å². The average molecular weight is 568 g/mol. The van der Waals surface area contributed by atoms with Gasteiger partial charge in [0.1, 0.15) is 0 Å². The summed E-state index contributed by atoms with van der Waals surface area (Å²) in [5.74, 6) is 0. The molecule has 7 nitrogen and oxygen atoms in total. The molecule has 29 heavy (non-hydrogen) atoms. The smallest absolute Gasteiger partial charge is 0.319 e. The first-order chi connectivity index (χ1) is 12.8. The minimum Gasteiger partial charge on any atom is -0.327 e. The summed E-state index contributed by atoms with van der Waals surface area (Å²) in [6, 6.07) is 0. The van der Waals surface area contributed by atoms with E-state index in [0.717, 1.165) is 12.3 Å². The van der Waals surface area contributed by atoms with Crippen molar-refractivity contribution < 1.29 is 53.4 Å². The zero-order valence-corrected chi connectivity index (χ0v) is 25.3. The van der Waals surface area contributed by atoms with E-state index in [0.29, 0.717) is 0 Å². The first-order valence-corrected chi connectivity index (χ1v) is 17.0. The fraction of sp³-hybridized carbons (Fsp3) is 1.00. The minimum atomic E-state index is -3.81. The molecule has 0 aromatic carbocycles. The Labute approximate surface area is 200 Å². The summed E-state index contributed by atoms with van der Waals surface area (Å²) in [4.78, 5) is 45.3. The number of hydrogen-bond donors (Lipinski definition) is 6. The largest absolute Gasteiger partial charge is 0.327 e. The molecule has 13 heteroatoms. The monoisotopic (exact) mass is 566 g/mol. The molecule has 0 aliphatic carbocycles. The van der Waals surface area contributed by atoms with Gasteiger partial charge in [-0.3, -0.25) is 0 Å². The quantitative estimate of drug-likeness (QED) is 0.101. The van der Waals surface area contributed by atoms with Gasteiger partial charge in [0, 0.05) is 19.5 Å². The zero-order chi connectivity index (χ0) is 22.5. The van der Waals surface area contributed by atoms with Gasteiger partial charge in [-0.2, -0.15) is 0 Å². The maximum Gasteiger partial charge on any atom is 0.319 e. The topological polar surface area (TPSA) is 138 Å². The molecule has 0 amide bonds. The van der Waals surface area contributed by atoms with Crippen molar-refractivity contribution >= 4 is 44.9 Å². The Morgan fingerprint density at radius 2 is 0.793 bits per heavy atom. The molecule has 0 bridgehead atoms. The molecule has 6 N–H and O–H groups in total. The van der Waals surface area contributed by atoms with Crippen molar-refractivity contribution in [1.82, 2.24) is 0 Å². The molecule has 0 fully saturated rings. The van der Waals surface area contributed by atoms with E-state index in [-0.39, 0.29) is 19.5 Å². The summed E-state index contributed by atoms with van der Waals surface area (Å²) in [5, 5.41) is 0. The van der Waals surface area contributed by atoms with E-state index < -0.39 is 21.2 Å². The summed E-state index contributed by atoms with van der Waals surface area (Å²) in [6.07, 6.45) is 17.8. The second-order valence-electron chi connectivity index (χ2n) is 6.60. The first kappa shape index (κ1) is 38.2. The molecule has 176 valence electrons. The molecule has 0 aliphatic heterocycles. The van der Waals surface area contributed by atoms with E-state index in [9.17, 15) is 4.57 Å². The zero-order valence-electron chi connectivity index (χ0n) is 17.9. The predicted molar refractivity (Wildman–Crippen MR) is 127 cm³/mol. The predicted octanol–water partition coefficient (Wildman–Crippen LogP) is 4.64. The first-order valence-electron chi connectivity index (χ1n) is 9.89. The van der Waals surface area contributed by atoms with Gasteiger partial charge in [0.2, 0.25) is 0 Å². The van der Waals surface area contributed by atoms with Gasteiger partial charge in [-0.05, 0) is 48.8 Å². The third-order valence-electron chi connectivity index (χ3n) is 3.62. The Kier molecular flexibility index (Phi) is 34.5. The SMILES string of the molecule is CCCCCCCC[PH](=O)CCCCCCCC.OP(O)(O)=S.OP(O)(O)=S.[Zn]. The van der Waals surface area contributed by atoms with E-state index in [1.54, 1.807) is 0 Å². The normalized spacial score (nSPS) is 11.1. The van der Waals surface area contributed by atoms with Crippen molar-refractivity contribution in [3.8, 4) is 0 Å². The molecule has 0 unspecified atom stereocenters. The van der Waals surface area contributed by atoms with Crippen LogP contribution in [0.5, 0.6) is 0 Å².